The van der Waals surface area contributed by atoms with Gasteiger partial charge in [0.1, 0.15) is 16.8 Å². The molecule has 1 fully saturated rings. The van der Waals surface area contributed by atoms with Crippen LogP contribution in [0, 0.1) is 5.92 Å². The molecular weight excluding hydrogens is 357 g/mol. The minimum absolute atomic E-state index is 0.203. The number of rotatable bonds is 6. The van der Waals surface area contributed by atoms with Crippen molar-refractivity contribution in [2.75, 3.05) is 13.2 Å². The third-order valence-electron chi connectivity index (χ3n) is 3.82. The van der Waals surface area contributed by atoms with Crippen molar-refractivity contribution in [1.29, 1.82) is 0 Å². The minimum Gasteiger partial charge on any atom is -0.480 e. The standard InChI is InChI=1S/C16H19Cl2NO5/c1-9(24-12-6-2-5-11(17)13(12)18)15(20)19-14(16(21)22)10-4-3-7-23-8-10/h2,5-6,9-10,14H,3-4,7-8H2,1H3,(H,19,20)(H,21,22). The second-order valence-corrected chi connectivity index (χ2v) is 6.40. The highest BCUT2D eigenvalue weighted by Gasteiger charge is 2.32. The summed E-state index contributed by atoms with van der Waals surface area (Å²) in [5, 5.41) is 12.4. The van der Waals surface area contributed by atoms with Crippen molar-refractivity contribution in [3.63, 3.8) is 0 Å². The zero-order chi connectivity index (χ0) is 17.7. The highest BCUT2D eigenvalue weighted by atomic mass is 35.5. The lowest BCUT2D eigenvalue weighted by Crippen LogP contribution is -2.51. The molecule has 0 aromatic heterocycles. The molecule has 1 aromatic carbocycles. The number of amides is 1. The molecule has 2 N–H and O–H groups in total. The van der Waals surface area contributed by atoms with E-state index >= 15 is 0 Å². The largest absolute Gasteiger partial charge is 0.480 e. The first kappa shape index (κ1) is 18.8. The highest BCUT2D eigenvalue weighted by Crippen LogP contribution is 2.32. The number of carboxylic acid groups (broad SMARTS) is 1. The molecule has 3 atom stereocenters. The Balaban J connectivity index is 2.00. The van der Waals surface area contributed by atoms with Crippen molar-refractivity contribution in [3.05, 3.63) is 28.2 Å². The van der Waals surface area contributed by atoms with Gasteiger partial charge in [-0.1, -0.05) is 29.3 Å². The molecule has 132 valence electrons. The number of halogens is 2. The molecule has 2 rings (SSSR count). The smallest absolute Gasteiger partial charge is 0.326 e. The van der Waals surface area contributed by atoms with E-state index in [0.717, 1.165) is 6.42 Å². The Morgan fingerprint density at radius 1 is 1.42 bits per heavy atom. The molecule has 1 aromatic rings. The molecule has 1 aliphatic rings. The Bertz CT molecular complexity index is 604. The van der Waals surface area contributed by atoms with Crippen LogP contribution in [0.1, 0.15) is 19.8 Å². The van der Waals surface area contributed by atoms with Crippen LogP contribution >= 0.6 is 23.2 Å². The van der Waals surface area contributed by atoms with E-state index in [9.17, 15) is 14.7 Å². The zero-order valence-corrected chi connectivity index (χ0v) is 14.6. The van der Waals surface area contributed by atoms with Crippen molar-refractivity contribution in [3.8, 4) is 5.75 Å². The number of ether oxygens (including phenoxy) is 2. The number of nitrogens with one attached hydrogen (secondary N) is 1. The van der Waals surface area contributed by atoms with Crippen molar-refractivity contribution < 1.29 is 24.2 Å². The van der Waals surface area contributed by atoms with E-state index < -0.39 is 24.0 Å². The highest BCUT2D eigenvalue weighted by molar-refractivity contribution is 6.42. The zero-order valence-electron chi connectivity index (χ0n) is 13.1. The normalized spacial score (nSPS) is 20.0. The molecule has 8 heteroatoms. The third kappa shape index (κ3) is 4.75. The maximum absolute atomic E-state index is 12.3. The summed E-state index contributed by atoms with van der Waals surface area (Å²) < 4.78 is 10.8. The summed E-state index contributed by atoms with van der Waals surface area (Å²) in [6.45, 7) is 2.44. The molecule has 1 saturated heterocycles. The lowest BCUT2D eigenvalue weighted by atomic mass is 9.93. The summed E-state index contributed by atoms with van der Waals surface area (Å²) in [6.07, 6.45) is 0.536. The summed E-state index contributed by atoms with van der Waals surface area (Å²) in [6, 6.07) is 3.82. The Morgan fingerprint density at radius 2 is 2.17 bits per heavy atom. The Labute approximate surface area is 150 Å². The number of carbonyl (C=O) groups is 2. The topological polar surface area (TPSA) is 84.9 Å². The average molecular weight is 376 g/mol. The second-order valence-electron chi connectivity index (χ2n) is 5.61. The molecule has 24 heavy (non-hydrogen) atoms. The molecule has 0 saturated carbocycles. The number of carboxylic acids is 1. The van der Waals surface area contributed by atoms with Gasteiger partial charge in [-0.15, -0.1) is 0 Å². The van der Waals surface area contributed by atoms with Gasteiger partial charge in [0.15, 0.2) is 6.10 Å². The van der Waals surface area contributed by atoms with Crippen LogP contribution in [0.4, 0.5) is 0 Å². The molecule has 1 amide bonds. The molecule has 0 aliphatic carbocycles. The molecule has 1 aliphatic heterocycles. The van der Waals surface area contributed by atoms with Gasteiger partial charge in [-0.05, 0) is 31.9 Å². The van der Waals surface area contributed by atoms with E-state index in [1.807, 2.05) is 0 Å². The first-order valence-corrected chi connectivity index (χ1v) is 8.37. The first-order chi connectivity index (χ1) is 11.4. The van der Waals surface area contributed by atoms with Gasteiger partial charge < -0.3 is 19.9 Å². The third-order valence-corrected chi connectivity index (χ3v) is 4.62. The van der Waals surface area contributed by atoms with Gasteiger partial charge in [0.25, 0.3) is 5.91 Å². The summed E-state index contributed by atoms with van der Waals surface area (Å²) in [5.74, 6) is -1.63. The second kappa shape index (κ2) is 8.55. The fourth-order valence-corrected chi connectivity index (χ4v) is 2.84. The lowest BCUT2D eigenvalue weighted by molar-refractivity contribution is -0.146. The van der Waals surface area contributed by atoms with Gasteiger partial charge in [-0.2, -0.15) is 0 Å². The SMILES string of the molecule is CC(Oc1cccc(Cl)c1Cl)C(=O)NC(C(=O)O)C1CCCOC1. The Morgan fingerprint density at radius 3 is 2.79 bits per heavy atom. The predicted molar refractivity (Wildman–Crippen MR) is 89.7 cm³/mol. The van der Waals surface area contributed by atoms with Crippen LogP contribution < -0.4 is 10.1 Å². The summed E-state index contributed by atoms with van der Waals surface area (Å²) in [5.41, 5.74) is 0. The van der Waals surface area contributed by atoms with Crippen molar-refractivity contribution in [1.82, 2.24) is 5.32 Å². The van der Waals surface area contributed by atoms with Gasteiger partial charge in [0.05, 0.1) is 11.6 Å². The average Bonchev–Trinajstić information content (AvgIpc) is 2.57. The summed E-state index contributed by atoms with van der Waals surface area (Å²) in [4.78, 5) is 23.7. The molecule has 3 unspecified atom stereocenters. The fraction of sp³-hybridized carbons (Fsp3) is 0.500. The van der Waals surface area contributed by atoms with Gasteiger partial charge in [0, 0.05) is 12.5 Å². The van der Waals surface area contributed by atoms with Gasteiger partial charge in [-0.25, -0.2) is 4.79 Å². The summed E-state index contributed by atoms with van der Waals surface area (Å²) in [7, 11) is 0. The van der Waals surface area contributed by atoms with Crippen LogP contribution in [0.25, 0.3) is 0 Å². The number of carbonyl (C=O) groups excluding carboxylic acids is 1. The van der Waals surface area contributed by atoms with Gasteiger partial charge in [-0.3, -0.25) is 4.79 Å². The van der Waals surface area contributed by atoms with E-state index in [1.165, 1.54) is 6.92 Å². The molecule has 6 nitrogen and oxygen atoms in total. The fourth-order valence-electron chi connectivity index (χ4n) is 2.50. The maximum Gasteiger partial charge on any atom is 0.326 e. The van der Waals surface area contributed by atoms with Gasteiger partial charge in [0.2, 0.25) is 0 Å². The molecule has 0 spiro atoms. The first-order valence-electron chi connectivity index (χ1n) is 7.61. The van der Waals surface area contributed by atoms with E-state index in [1.54, 1.807) is 18.2 Å². The molecule has 0 bridgehead atoms. The predicted octanol–water partition coefficient (Wildman–Crippen LogP) is 2.76. The Kier molecular flexibility index (Phi) is 6.71. The van der Waals surface area contributed by atoms with Crippen LogP contribution in [0.2, 0.25) is 10.0 Å². The molecule has 1 heterocycles. The Hall–Kier alpha value is -1.50. The van der Waals surface area contributed by atoms with Crippen LogP contribution in [0.5, 0.6) is 5.75 Å². The van der Waals surface area contributed by atoms with Crippen LogP contribution in [-0.4, -0.2) is 42.3 Å². The maximum atomic E-state index is 12.3. The van der Waals surface area contributed by atoms with E-state index in [0.29, 0.717) is 24.7 Å². The molecular formula is C16H19Cl2NO5. The summed E-state index contributed by atoms with van der Waals surface area (Å²) >= 11 is 11.9. The lowest BCUT2D eigenvalue weighted by Gasteiger charge is -2.29. The van der Waals surface area contributed by atoms with Crippen molar-refractivity contribution >= 4 is 35.1 Å². The van der Waals surface area contributed by atoms with E-state index in [-0.39, 0.29) is 16.7 Å². The molecule has 0 radical (unpaired) electrons. The van der Waals surface area contributed by atoms with Crippen LogP contribution in [0.3, 0.4) is 0 Å². The van der Waals surface area contributed by atoms with E-state index in [4.69, 9.17) is 32.7 Å². The van der Waals surface area contributed by atoms with Crippen molar-refractivity contribution in [2.45, 2.75) is 31.9 Å². The number of aliphatic carboxylic acids is 1. The monoisotopic (exact) mass is 375 g/mol. The number of benzene rings is 1. The van der Waals surface area contributed by atoms with Crippen LogP contribution in [-0.2, 0) is 14.3 Å². The van der Waals surface area contributed by atoms with Gasteiger partial charge >= 0.3 is 5.97 Å². The van der Waals surface area contributed by atoms with E-state index in [2.05, 4.69) is 5.32 Å². The quantitative estimate of drug-likeness (QED) is 0.798. The number of hydrogen-bond acceptors (Lipinski definition) is 4. The number of hydrogen-bond donors (Lipinski definition) is 2. The van der Waals surface area contributed by atoms with Crippen LogP contribution in [0.15, 0.2) is 18.2 Å². The van der Waals surface area contributed by atoms with Crippen molar-refractivity contribution in [2.24, 2.45) is 5.92 Å². The minimum atomic E-state index is -1.09.